The molecule has 0 fully saturated rings. The highest BCUT2D eigenvalue weighted by atomic mass is 35.5. The molecule has 0 aromatic carbocycles. The summed E-state index contributed by atoms with van der Waals surface area (Å²) in [5.74, 6) is 1.52. The molecule has 0 radical (unpaired) electrons. The molecule has 0 bridgehead atoms. The topological polar surface area (TPSA) is 66.5 Å². The number of hydrogen-bond donors (Lipinski definition) is 2. The summed E-state index contributed by atoms with van der Waals surface area (Å²) >= 11 is 6.05. The van der Waals surface area contributed by atoms with Crippen molar-refractivity contribution >= 4 is 17.4 Å². The van der Waals surface area contributed by atoms with Crippen LogP contribution in [0.5, 0.6) is 0 Å². The minimum absolute atomic E-state index is 0.504. The molecule has 2 aromatic rings. The Morgan fingerprint density at radius 1 is 1.41 bits per heavy atom. The highest BCUT2D eigenvalue weighted by molar-refractivity contribution is 6.30. The van der Waals surface area contributed by atoms with Crippen LogP contribution in [0.1, 0.15) is 24.0 Å². The third-order valence-corrected chi connectivity index (χ3v) is 2.82. The van der Waals surface area contributed by atoms with Gasteiger partial charge in [-0.3, -0.25) is 0 Å². The highest BCUT2D eigenvalue weighted by Crippen LogP contribution is 2.20. The van der Waals surface area contributed by atoms with E-state index in [2.05, 4.69) is 25.3 Å². The van der Waals surface area contributed by atoms with E-state index in [9.17, 15) is 0 Å². The Morgan fingerprint density at radius 3 is 2.88 bits per heavy atom. The number of halogens is 1. The zero-order chi connectivity index (χ0) is 12.3. The minimum Gasteiger partial charge on any atom is -0.364 e. The Bertz CT molecular complexity index is 495. The maximum absolute atomic E-state index is 6.05. The number of aromatic nitrogens is 4. The first-order valence-corrected chi connectivity index (χ1v) is 5.82. The molecule has 0 saturated carbocycles. The largest absolute Gasteiger partial charge is 0.364 e. The van der Waals surface area contributed by atoms with Crippen molar-refractivity contribution in [3.05, 3.63) is 34.8 Å². The molecule has 0 aliphatic heterocycles. The molecule has 0 spiro atoms. The SMILES string of the molecule is CCc1nc(Cl)c(C)c(NCc2cnc[nH]2)n1. The average molecular weight is 252 g/mol. The molecule has 90 valence electrons. The lowest BCUT2D eigenvalue weighted by Crippen LogP contribution is -2.07. The summed E-state index contributed by atoms with van der Waals surface area (Å²) in [7, 11) is 0. The first-order valence-electron chi connectivity index (χ1n) is 5.44. The van der Waals surface area contributed by atoms with Crippen LogP contribution in [-0.4, -0.2) is 19.9 Å². The molecule has 0 unspecified atom stereocenters. The predicted molar refractivity (Wildman–Crippen MR) is 67.1 cm³/mol. The summed E-state index contributed by atoms with van der Waals surface area (Å²) in [6.45, 7) is 4.54. The minimum atomic E-state index is 0.504. The lowest BCUT2D eigenvalue weighted by Gasteiger charge is -2.09. The zero-order valence-electron chi connectivity index (χ0n) is 9.79. The van der Waals surface area contributed by atoms with Crippen LogP contribution in [0.2, 0.25) is 5.15 Å². The molecule has 0 saturated heterocycles. The number of nitrogens with zero attached hydrogens (tertiary/aromatic N) is 3. The Morgan fingerprint density at radius 2 is 2.24 bits per heavy atom. The van der Waals surface area contributed by atoms with Crippen LogP contribution in [0.25, 0.3) is 0 Å². The zero-order valence-corrected chi connectivity index (χ0v) is 10.5. The molecule has 2 rings (SSSR count). The van der Waals surface area contributed by atoms with Crippen LogP contribution in [0.4, 0.5) is 5.82 Å². The van der Waals surface area contributed by atoms with Crippen molar-refractivity contribution in [3.8, 4) is 0 Å². The monoisotopic (exact) mass is 251 g/mol. The van der Waals surface area contributed by atoms with Gasteiger partial charge in [0.2, 0.25) is 0 Å². The molecule has 0 aliphatic rings. The Kier molecular flexibility index (Phi) is 3.58. The first kappa shape index (κ1) is 11.9. The molecule has 2 N–H and O–H groups in total. The standard InChI is InChI=1S/C11H14ClN5/c1-3-9-16-10(12)7(2)11(17-9)14-5-8-4-13-6-15-8/h4,6H,3,5H2,1-2H3,(H,13,15)(H,14,16,17). The Hall–Kier alpha value is -1.62. The molecule has 0 aliphatic carbocycles. The fourth-order valence-corrected chi connectivity index (χ4v) is 1.61. The number of nitrogens with one attached hydrogen (secondary N) is 2. The van der Waals surface area contributed by atoms with E-state index >= 15 is 0 Å². The van der Waals surface area contributed by atoms with E-state index in [4.69, 9.17) is 11.6 Å². The number of aromatic amines is 1. The van der Waals surface area contributed by atoms with Crippen LogP contribution in [0.15, 0.2) is 12.5 Å². The van der Waals surface area contributed by atoms with Crippen molar-refractivity contribution in [2.24, 2.45) is 0 Å². The van der Waals surface area contributed by atoms with Crippen molar-refractivity contribution in [1.82, 2.24) is 19.9 Å². The normalized spacial score (nSPS) is 10.5. The summed E-state index contributed by atoms with van der Waals surface area (Å²) in [4.78, 5) is 15.6. The highest BCUT2D eigenvalue weighted by Gasteiger charge is 2.08. The molecular weight excluding hydrogens is 238 g/mol. The number of anilines is 1. The van der Waals surface area contributed by atoms with Crippen LogP contribution >= 0.6 is 11.6 Å². The molecule has 0 amide bonds. The first-order chi connectivity index (χ1) is 8.20. The van der Waals surface area contributed by atoms with Gasteiger partial charge >= 0.3 is 0 Å². The van der Waals surface area contributed by atoms with Gasteiger partial charge in [-0.25, -0.2) is 15.0 Å². The van der Waals surface area contributed by atoms with Gasteiger partial charge in [0.15, 0.2) is 0 Å². The van der Waals surface area contributed by atoms with Crippen LogP contribution in [0, 0.1) is 6.92 Å². The molecule has 5 nitrogen and oxygen atoms in total. The van der Waals surface area contributed by atoms with Gasteiger partial charge in [0, 0.05) is 18.2 Å². The number of hydrogen-bond acceptors (Lipinski definition) is 4. The summed E-state index contributed by atoms with van der Waals surface area (Å²) in [6.07, 6.45) is 4.18. The Balaban J connectivity index is 2.17. The van der Waals surface area contributed by atoms with Gasteiger partial charge in [0.25, 0.3) is 0 Å². The van der Waals surface area contributed by atoms with Crippen molar-refractivity contribution in [2.75, 3.05) is 5.32 Å². The van der Waals surface area contributed by atoms with E-state index in [0.717, 1.165) is 29.3 Å². The van der Waals surface area contributed by atoms with Gasteiger partial charge in [-0.05, 0) is 6.92 Å². The van der Waals surface area contributed by atoms with Crippen LogP contribution in [-0.2, 0) is 13.0 Å². The lowest BCUT2D eigenvalue weighted by molar-refractivity contribution is 0.919. The molecule has 2 heterocycles. The van der Waals surface area contributed by atoms with E-state index in [0.29, 0.717) is 11.7 Å². The molecule has 17 heavy (non-hydrogen) atoms. The van der Waals surface area contributed by atoms with Gasteiger partial charge in [-0.1, -0.05) is 18.5 Å². The predicted octanol–water partition coefficient (Wildman–Crippen LogP) is 2.34. The molecule has 0 atom stereocenters. The molecular formula is C11H14ClN5. The summed E-state index contributed by atoms with van der Waals surface area (Å²) < 4.78 is 0. The second-order valence-electron chi connectivity index (χ2n) is 3.69. The van der Waals surface area contributed by atoms with Crippen LogP contribution in [0.3, 0.4) is 0 Å². The number of H-pyrrole nitrogens is 1. The fourth-order valence-electron chi connectivity index (χ4n) is 1.42. The van der Waals surface area contributed by atoms with Gasteiger partial charge < -0.3 is 10.3 Å². The quantitative estimate of drug-likeness (QED) is 0.819. The van der Waals surface area contributed by atoms with E-state index in [1.54, 1.807) is 12.5 Å². The number of rotatable bonds is 4. The molecule has 6 heteroatoms. The van der Waals surface area contributed by atoms with Gasteiger partial charge in [-0.2, -0.15) is 0 Å². The maximum Gasteiger partial charge on any atom is 0.137 e. The summed E-state index contributed by atoms with van der Waals surface area (Å²) in [6, 6.07) is 0. The summed E-state index contributed by atoms with van der Waals surface area (Å²) in [5, 5.41) is 3.73. The number of imidazole rings is 1. The van der Waals surface area contributed by atoms with E-state index in [1.165, 1.54) is 0 Å². The van der Waals surface area contributed by atoms with Crippen molar-refractivity contribution in [3.63, 3.8) is 0 Å². The lowest BCUT2D eigenvalue weighted by atomic mass is 10.3. The molecule has 2 aromatic heterocycles. The van der Waals surface area contributed by atoms with Gasteiger partial charge in [0.05, 0.1) is 18.6 Å². The van der Waals surface area contributed by atoms with Crippen molar-refractivity contribution < 1.29 is 0 Å². The van der Waals surface area contributed by atoms with Gasteiger partial charge in [0.1, 0.15) is 16.8 Å². The Labute approximate surface area is 105 Å². The fraction of sp³-hybridized carbons (Fsp3) is 0.364. The van der Waals surface area contributed by atoms with E-state index in [1.807, 2.05) is 13.8 Å². The van der Waals surface area contributed by atoms with Crippen molar-refractivity contribution in [1.29, 1.82) is 0 Å². The summed E-state index contributed by atoms with van der Waals surface area (Å²) in [5.41, 5.74) is 1.86. The van der Waals surface area contributed by atoms with Crippen LogP contribution < -0.4 is 5.32 Å². The smallest absolute Gasteiger partial charge is 0.137 e. The second kappa shape index (κ2) is 5.14. The third-order valence-electron chi connectivity index (χ3n) is 2.45. The number of aryl methyl sites for hydroxylation is 1. The third kappa shape index (κ3) is 2.74. The van der Waals surface area contributed by atoms with E-state index in [-0.39, 0.29) is 0 Å². The maximum atomic E-state index is 6.05. The van der Waals surface area contributed by atoms with Crippen molar-refractivity contribution in [2.45, 2.75) is 26.8 Å². The van der Waals surface area contributed by atoms with Gasteiger partial charge in [-0.15, -0.1) is 0 Å². The van der Waals surface area contributed by atoms with E-state index < -0.39 is 0 Å². The second-order valence-corrected chi connectivity index (χ2v) is 4.05. The average Bonchev–Trinajstić information content (AvgIpc) is 2.84.